The molecule has 5 heteroatoms. The van der Waals surface area contributed by atoms with E-state index in [0.717, 1.165) is 36.3 Å². The summed E-state index contributed by atoms with van der Waals surface area (Å²) in [7, 11) is 1.74. The number of rotatable bonds is 5. The van der Waals surface area contributed by atoms with E-state index in [0.29, 0.717) is 13.2 Å². The molecule has 1 aliphatic rings. The number of hydrogen-bond acceptors (Lipinski definition) is 5. The van der Waals surface area contributed by atoms with Gasteiger partial charge in [-0.25, -0.2) is 4.98 Å². The summed E-state index contributed by atoms with van der Waals surface area (Å²) in [4.78, 5) is 9.00. The summed E-state index contributed by atoms with van der Waals surface area (Å²) in [6.07, 6.45) is 2.75. The van der Waals surface area contributed by atoms with Gasteiger partial charge >= 0.3 is 0 Å². The van der Waals surface area contributed by atoms with Crippen LogP contribution < -0.4 is 5.32 Å². The summed E-state index contributed by atoms with van der Waals surface area (Å²) in [6.45, 7) is 2.87. The lowest BCUT2D eigenvalue weighted by Gasteiger charge is -2.25. The molecule has 20 heavy (non-hydrogen) atoms. The third kappa shape index (κ3) is 2.80. The Morgan fingerprint density at radius 3 is 2.95 bits per heavy atom. The van der Waals surface area contributed by atoms with E-state index in [1.54, 1.807) is 7.11 Å². The number of para-hydroxylation sites is 2. The fourth-order valence-corrected chi connectivity index (χ4v) is 2.46. The van der Waals surface area contributed by atoms with Crippen molar-refractivity contribution < 1.29 is 9.47 Å². The van der Waals surface area contributed by atoms with E-state index in [1.807, 2.05) is 30.5 Å². The SMILES string of the molecule is COC1(CNCc2cnc3ccccc3n2)CCOC1. The summed E-state index contributed by atoms with van der Waals surface area (Å²) in [5.41, 5.74) is 2.60. The van der Waals surface area contributed by atoms with Crippen LogP contribution in [0, 0.1) is 0 Å². The maximum absolute atomic E-state index is 5.58. The Balaban J connectivity index is 1.62. The molecule has 0 radical (unpaired) electrons. The van der Waals surface area contributed by atoms with Gasteiger partial charge in [0, 0.05) is 33.2 Å². The third-order valence-corrected chi connectivity index (χ3v) is 3.75. The molecule has 1 fully saturated rings. The van der Waals surface area contributed by atoms with Crippen LogP contribution in [-0.4, -0.2) is 42.4 Å². The van der Waals surface area contributed by atoms with E-state index in [2.05, 4.69) is 15.3 Å². The second kappa shape index (κ2) is 5.83. The minimum atomic E-state index is -0.190. The summed E-state index contributed by atoms with van der Waals surface area (Å²) in [6, 6.07) is 7.89. The molecule has 0 bridgehead atoms. The molecular formula is C15H19N3O2. The van der Waals surface area contributed by atoms with Gasteiger partial charge in [0.1, 0.15) is 5.60 Å². The highest BCUT2D eigenvalue weighted by atomic mass is 16.5. The van der Waals surface area contributed by atoms with Crippen LogP contribution in [0.3, 0.4) is 0 Å². The minimum absolute atomic E-state index is 0.190. The maximum atomic E-state index is 5.58. The first-order valence-electron chi connectivity index (χ1n) is 6.86. The molecule has 106 valence electrons. The van der Waals surface area contributed by atoms with E-state index in [4.69, 9.17) is 9.47 Å². The van der Waals surface area contributed by atoms with Crippen molar-refractivity contribution in [3.05, 3.63) is 36.2 Å². The summed E-state index contributed by atoms with van der Waals surface area (Å²) < 4.78 is 11.0. The summed E-state index contributed by atoms with van der Waals surface area (Å²) in [5, 5.41) is 3.39. The highest BCUT2D eigenvalue weighted by Gasteiger charge is 2.34. The van der Waals surface area contributed by atoms with E-state index in [1.165, 1.54) is 0 Å². The van der Waals surface area contributed by atoms with Crippen LogP contribution in [0.2, 0.25) is 0 Å². The number of methoxy groups -OCH3 is 1. The number of fused-ring (bicyclic) bond motifs is 1. The summed E-state index contributed by atoms with van der Waals surface area (Å²) in [5.74, 6) is 0. The van der Waals surface area contributed by atoms with Gasteiger partial charge in [0.15, 0.2) is 0 Å². The number of nitrogens with zero attached hydrogens (tertiary/aromatic N) is 2. The van der Waals surface area contributed by atoms with Gasteiger partial charge in [0.05, 0.1) is 29.5 Å². The molecule has 1 saturated heterocycles. The summed E-state index contributed by atoms with van der Waals surface area (Å²) >= 11 is 0. The molecule has 0 spiro atoms. The van der Waals surface area contributed by atoms with Crippen molar-refractivity contribution in [2.24, 2.45) is 0 Å². The lowest BCUT2D eigenvalue weighted by atomic mass is 10.0. The van der Waals surface area contributed by atoms with E-state index in [9.17, 15) is 0 Å². The lowest BCUT2D eigenvalue weighted by Crippen LogP contribution is -2.42. The van der Waals surface area contributed by atoms with E-state index >= 15 is 0 Å². The molecule has 1 unspecified atom stereocenters. The van der Waals surface area contributed by atoms with Crippen LogP contribution >= 0.6 is 0 Å². The van der Waals surface area contributed by atoms with Crippen LogP contribution in [-0.2, 0) is 16.0 Å². The molecular weight excluding hydrogens is 254 g/mol. The van der Waals surface area contributed by atoms with Crippen molar-refractivity contribution in [1.82, 2.24) is 15.3 Å². The quantitative estimate of drug-likeness (QED) is 0.895. The standard InChI is InChI=1S/C15H19N3O2/c1-19-15(6-7-20-11-15)10-16-8-12-9-17-13-4-2-3-5-14(13)18-12/h2-5,9,16H,6-8,10-11H2,1H3. The molecule has 2 heterocycles. The predicted molar refractivity (Wildman–Crippen MR) is 76.4 cm³/mol. The van der Waals surface area contributed by atoms with Gasteiger partial charge in [0.2, 0.25) is 0 Å². The van der Waals surface area contributed by atoms with Crippen molar-refractivity contribution in [2.75, 3.05) is 26.9 Å². The number of nitrogens with one attached hydrogen (secondary N) is 1. The van der Waals surface area contributed by atoms with Crippen molar-refractivity contribution in [3.8, 4) is 0 Å². The Labute approximate surface area is 118 Å². The zero-order chi connectivity index (χ0) is 13.8. The normalized spacial score (nSPS) is 22.4. The van der Waals surface area contributed by atoms with Crippen LogP contribution in [0.25, 0.3) is 11.0 Å². The highest BCUT2D eigenvalue weighted by molar-refractivity contribution is 5.73. The minimum Gasteiger partial charge on any atom is -0.378 e. The van der Waals surface area contributed by atoms with Crippen LogP contribution in [0.15, 0.2) is 30.5 Å². The van der Waals surface area contributed by atoms with Gasteiger partial charge in [-0.2, -0.15) is 0 Å². The van der Waals surface area contributed by atoms with Gasteiger partial charge in [-0.3, -0.25) is 4.98 Å². The Bertz CT molecular complexity index is 582. The second-order valence-corrected chi connectivity index (χ2v) is 5.14. The first-order valence-corrected chi connectivity index (χ1v) is 6.86. The zero-order valence-electron chi connectivity index (χ0n) is 11.6. The topological polar surface area (TPSA) is 56.3 Å². The highest BCUT2D eigenvalue weighted by Crippen LogP contribution is 2.21. The zero-order valence-corrected chi connectivity index (χ0v) is 11.6. The van der Waals surface area contributed by atoms with E-state index in [-0.39, 0.29) is 5.60 Å². The van der Waals surface area contributed by atoms with Crippen LogP contribution in [0.4, 0.5) is 0 Å². The Morgan fingerprint density at radius 2 is 2.20 bits per heavy atom. The smallest absolute Gasteiger partial charge is 0.106 e. The van der Waals surface area contributed by atoms with E-state index < -0.39 is 0 Å². The Morgan fingerprint density at radius 1 is 1.35 bits per heavy atom. The molecule has 2 aromatic rings. The molecule has 0 amide bonds. The molecule has 1 atom stereocenters. The molecule has 1 aliphatic heterocycles. The fourth-order valence-electron chi connectivity index (χ4n) is 2.46. The number of benzene rings is 1. The monoisotopic (exact) mass is 273 g/mol. The first kappa shape index (κ1) is 13.4. The van der Waals surface area contributed by atoms with Gasteiger partial charge in [-0.05, 0) is 12.1 Å². The van der Waals surface area contributed by atoms with Crippen molar-refractivity contribution in [1.29, 1.82) is 0 Å². The van der Waals surface area contributed by atoms with Gasteiger partial charge in [0.25, 0.3) is 0 Å². The average Bonchev–Trinajstić information content (AvgIpc) is 2.96. The Hall–Kier alpha value is -1.56. The lowest BCUT2D eigenvalue weighted by molar-refractivity contribution is -0.0159. The molecule has 0 aliphatic carbocycles. The molecule has 5 nitrogen and oxygen atoms in total. The van der Waals surface area contributed by atoms with Crippen molar-refractivity contribution in [3.63, 3.8) is 0 Å². The maximum Gasteiger partial charge on any atom is 0.106 e. The third-order valence-electron chi connectivity index (χ3n) is 3.75. The van der Waals surface area contributed by atoms with Crippen LogP contribution in [0.1, 0.15) is 12.1 Å². The molecule has 1 N–H and O–H groups in total. The first-order chi connectivity index (χ1) is 9.81. The van der Waals surface area contributed by atoms with Gasteiger partial charge < -0.3 is 14.8 Å². The molecule has 1 aromatic heterocycles. The molecule has 0 saturated carbocycles. The van der Waals surface area contributed by atoms with Crippen molar-refractivity contribution in [2.45, 2.75) is 18.6 Å². The van der Waals surface area contributed by atoms with Crippen LogP contribution in [0.5, 0.6) is 0 Å². The fraction of sp³-hybridized carbons (Fsp3) is 0.467. The van der Waals surface area contributed by atoms with Crippen molar-refractivity contribution >= 4 is 11.0 Å². The predicted octanol–water partition coefficient (Wildman–Crippen LogP) is 1.52. The largest absolute Gasteiger partial charge is 0.378 e. The van der Waals surface area contributed by atoms with Gasteiger partial charge in [-0.15, -0.1) is 0 Å². The Kier molecular flexibility index (Phi) is 3.91. The average molecular weight is 273 g/mol. The second-order valence-electron chi connectivity index (χ2n) is 5.14. The number of ether oxygens (including phenoxy) is 2. The number of hydrogen-bond donors (Lipinski definition) is 1. The van der Waals surface area contributed by atoms with Gasteiger partial charge in [-0.1, -0.05) is 12.1 Å². The molecule has 3 rings (SSSR count). The molecule has 1 aromatic carbocycles. The number of aromatic nitrogens is 2.